The van der Waals surface area contributed by atoms with Crippen LogP contribution in [0.4, 0.5) is 0 Å². The maximum Gasteiger partial charge on any atom is 0.308 e. The maximum atomic E-state index is 11.6. The van der Waals surface area contributed by atoms with Crippen LogP contribution in [0.3, 0.4) is 0 Å². The van der Waals surface area contributed by atoms with Crippen LogP contribution in [0.5, 0.6) is 0 Å². The van der Waals surface area contributed by atoms with Crippen molar-refractivity contribution in [1.29, 1.82) is 0 Å². The summed E-state index contributed by atoms with van der Waals surface area (Å²) in [5.74, 6) is -1.47. The molecule has 2 heterocycles. The van der Waals surface area contributed by atoms with Gasteiger partial charge in [-0.3, -0.25) is 9.59 Å². The summed E-state index contributed by atoms with van der Waals surface area (Å²) in [5, 5.41) is 8.85. The number of amides is 1. The maximum absolute atomic E-state index is 11.6. The zero-order valence-corrected chi connectivity index (χ0v) is 8.68. The highest BCUT2D eigenvalue weighted by molar-refractivity contribution is 5.86. The molecule has 0 aromatic heterocycles. The summed E-state index contributed by atoms with van der Waals surface area (Å²) in [5.41, 5.74) is 0. The first-order valence-electron chi connectivity index (χ1n) is 5.23. The fourth-order valence-corrected chi connectivity index (χ4v) is 2.35. The standard InChI is InChI=1S/C10H15NO4/c1-6-8(2-3-15-6)11-5-7(10(13)14)4-9(11)12/h6-8H,2-5H2,1H3,(H,13,14). The molecule has 1 amide bonds. The Bertz CT molecular complexity index is 291. The van der Waals surface area contributed by atoms with Crippen LogP contribution >= 0.6 is 0 Å². The van der Waals surface area contributed by atoms with Crippen LogP contribution in [0.25, 0.3) is 0 Å². The number of carboxylic acid groups (broad SMARTS) is 1. The van der Waals surface area contributed by atoms with Gasteiger partial charge < -0.3 is 14.7 Å². The summed E-state index contributed by atoms with van der Waals surface area (Å²) in [6.45, 7) is 2.93. The van der Waals surface area contributed by atoms with Crippen LogP contribution in [-0.4, -0.2) is 47.2 Å². The zero-order chi connectivity index (χ0) is 11.0. The van der Waals surface area contributed by atoms with Gasteiger partial charge in [-0.25, -0.2) is 0 Å². The van der Waals surface area contributed by atoms with E-state index >= 15 is 0 Å². The lowest BCUT2D eigenvalue weighted by molar-refractivity contribution is -0.141. The molecule has 3 atom stereocenters. The number of ether oxygens (including phenoxy) is 1. The van der Waals surface area contributed by atoms with Crippen molar-refractivity contribution in [3.05, 3.63) is 0 Å². The van der Waals surface area contributed by atoms with E-state index in [0.29, 0.717) is 13.2 Å². The lowest BCUT2D eigenvalue weighted by Crippen LogP contribution is -2.41. The molecule has 1 N–H and O–H groups in total. The van der Waals surface area contributed by atoms with Crippen LogP contribution in [0.1, 0.15) is 19.8 Å². The topological polar surface area (TPSA) is 66.8 Å². The molecule has 2 aliphatic rings. The number of hydrogen-bond donors (Lipinski definition) is 1. The number of likely N-dealkylation sites (tertiary alicyclic amines) is 1. The molecule has 5 heteroatoms. The second kappa shape index (κ2) is 3.81. The van der Waals surface area contributed by atoms with Gasteiger partial charge in [-0.1, -0.05) is 0 Å². The number of carboxylic acids is 1. The highest BCUT2D eigenvalue weighted by Crippen LogP contribution is 2.27. The Labute approximate surface area is 88.0 Å². The van der Waals surface area contributed by atoms with Crippen LogP contribution in [0.2, 0.25) is 0 Å². The van der Waals surface area contributed by atoms with Crippen molar-refractivity contribution in [1.82, 2.24) is 4.90 Å². The van der Waals surface area contributed by atoms with Crippen molar-refractivity contribution < 1.29 is 19.4 Å². The van der Waals surface area contributed by atoms with Crippen molar-refractivity contribution in [2.45, 2.75) is 31.9 Å². The van der Waals surface area contributed by atoms with Gasteiger partial charge in [0.15, 0.2) is 0 Å². The van der Waals surface area contributed by atoms with Crippen molar-refractivity contribution in [2.75, 3.05) is 13.2 Å². The van der Waals surface area contributed by atoms with Gasteiger partial charge in [-0.15, -0.1) is 0 Å². The van der Waals surface area contributed by atoms with Crippen LogP contribution in [0, 0.1) is 5.92 Å². The van der Waals surface area contributed by atoms with Crippen LogP contribution < -0.4 is 0 Å². The first-order valence-corrected chi connectivity index (χ1v) is 5.23. The fraction of sp³-hybridized carbons (Fsp3) is 0.800. The summed E-state index contributed by atoms with van der Waals surface area (Å²) in [6, 6.07) is 0.0712. The lowest BCUT2D eigenvalue weighted by Gasteiger charge is -2.26. The fourth-order valence-electron chi connectivity index (χ4n) is 2.35. The monoisotopic (exact) mass is 213 g/mol. The van der Waals surface area contributed by atoms with Crippen molar-refractivity contribution in [2.24, 2.45) is 5.92 Å². The molecule has 0 aromatic rings. The Morgan fingerprint density at radius 1 is 1.60 bits per heavy atom. The Kier molecular flexibility index (Phi) is 2.65. The molecule has 2 saturated heterocycles. The van der Waals surface area contributed by atoms with Crippen molar-refractivity contribution in [3.8, 4) is 0 Å². The minimum Gasteiger partial charge on any atom is -0.481 e. The van der Waals surface area contributed by atoms with Crippen LogP contribution in [-0.2, 0) is 14.3 Å². The smallest absolute Gasteiger partial charge is 0.308 e. The Balaban J connectivity index is 2.04. The summed E-state index contributed by atoms with van der Waals surface area (Å²) >= 11 is 0. The third-order valence-corrected chi connectivity index (χ3v) is 3.24. The third kappa shape index (κ3) is 1.84. The Morgan fingerprint density at radius 2 is 2.33 bits per heavy atom. The summed E-state index contributed by atoms with van der Waals surface area (Å²) < 4.78 is 5.38. The summed E-state index contributed by atoms with van der Waals surface area (Å²) in [4.78, 5) is 24.1. The quantitative estimate of drug-likeness (QED) is 0.706. The van der Waals surface area contributed by atoms with Gasteiger partial charge in [0, 0.05) is 19.6 Å². The highest BCUT2D eigenvalue weighted by atomic mass is 16.5. The Hall–Kier alpha value is -1.10. The molecule has 0 aliphatic carbocycles. The van der Waals surface area contributed by atoms with Gasteiger partial charge in [0.25, 0.3) is 0 Å². The number of carbonyl (C=O) groups excluding carboxylic acids is 1. The van der Waals surface area contributed by atoms with E-state index in [0.717, 1.165) is 6.42 Å². The minimum absolute atomic E-state index is 0.0292. The molecule has 2 fully saturated rings. The van der Waals surface area contributed by atoms with E-state index < -0.39 is 11.9 Å². The van der Waals surface area contributed by atoms with Gasteiger partial charge in [-0.05, 0) is 13.3 Å². The number of rotatable bonds is 2. The molecule has 0 bridgehead atoms. The van der Waals surface area contributed by atoms with Crippen LogP contribution in [0.15, 0.2) is 0 Å². The molecule has 2 aliphatic heterocycles. The van der Waals surface area contributed by atoms with E-state index in [1.165, 1.54) is 0 Å². The molecule has 5 nitrogen and oxygen atoms in total. The third-order valence-electron chi connectivity index (χ3n) is 3.24. The molecule has 3 unspecified atom stereocenters. The second-order valence-corrected chi connectivity index (χ2v) is 4.22. The minimum atomic E-state index is -0.877. The summed E-state index contributed by atoms with van der Waals surface area (Å²) in [7, 11) is 0. The largest absolute Gasteiger partial charge is 0.481 e. The molecule has 0 saturated carbocycles. The molecular formula is C10H15NO4. The number of nitrogens with zero attached hydrogens (tertiary/aromatic N) is 1. The average Bonchev–Trinajstić information content (AvgIpc) is 2.71. The number of aliphatic carboxylic acids is 1. The summed E-state index contributed by atoms with van der Waals surface area (Å²) in [6.07, 6.45) is 0.985. The molecule has 2 rings (SSSR count). The second-order valence-electron chi connectivity index (χ2n) is 4.22. The average molecular weight is 213 g/mol. The van der Waals surface area contributed by atoms with E-state index in [1.807, 2.05) is 6.92 Å². The number of hydrogen-bond acceptors (Lipinski definition) is 3. The van der Waals surface area contributed by atoms with E-state index in [-0.39, 0.29) is 24.5 Å². The lowest BCUT2D eigenvalue weighted by atomic mass is 10.1. The molecule has 0 aromatic carbocycles. The van der Waals surface area contributed by atoms with E-state index in [2.05, 4.69) is 0 Å². The molecule has 84 valence electrons. The van der Waals surface area contributed by atoms with Crippen molar-refractivity contribution >= 4 is 11.9 Å². The van der Waals surface area contributed by atoms with E-state index in [1.54, 1.807) is 4.90 Å². The SMILES string of the molecule is CC1OCCC1N1CC(C(=O)O)CC1=O. The van der Waals surface area contributed by atoms with Crippen molar-refractivity contribution in [3.63, 3.8) is 0 Å². The van der Waals surface area contributed by atoms with Gasteiger partial charge in [0.05, 0.1) is 18.1 Å². The molecule has 0 spiro atoms. The van der Waals surface area contributed by atoms with Gasteiger partial charge in [-0.2, -0.15) is 0 Å². The molecular weight excluding hydrogens is 198 g/mol. The first kappa shape index (κ1) is 10.4. The highest BCUT2D eigenvalue weighted by Gasteiger charge is 2.41. The van der Waals surface area contributed by atoms with Gasteiger partial charge in [0.1, 0.15) is 0 Å². The molecule has 0 radical (unpaired) electrons. The normalized spacial score (nSPS) is 36.2. The zero-order valence-electron chi connectivity index (χ0n) is 8.68. The van der Waals surface area contributed by atoms with Gasteiger partial charge >= 0.3 is 5.97 Å². The number of carbonyl (C=O) groups is 2. The van der Waals surface area contributed by atoms with Gasteiger partial charge in [0.2, 0.25) is 5.91 Å². The predicted molar refractivity (Wildman–Crippen MR) is 51.3 cm³/mol. The van der Waals surface area contributed by atoms with E-state index in [9.17, 15) is 9.59 Å². The predicted octanol–water partition coefficient (Wildman–Crippen LogP) is 0.0969. The Morgan fingerprint density at radius 3 is 2.80 bits per heavy atom. The molecule has 15 heavy (non-hydrogen) atoms. The van der Waals surface area contributed by atoms with E-state index in [4.69, 9.17) is 9.84 Å². The first-order chi connectivity index (χ1) is 7.09.